The van der Waals surface area contributed by atoms with Crippen molar-refractivity contribution >= 4 is 23.1 Å². The van der Waals surface area contributed by atoms with Gasteiger partial charge in [-0.2, -0.15) is 0 Å². The first-order valence-electron chi connectivity index (χ1n) is 10.6. The molecule has 0 N–H and O–H groups in total. The Morgan fingerprint density at radius 3 is 2.81 bits per heavy atom. The molecule has 5 rings (SSSR count). The van der Waals surface area contributed by atoms with Crippen molar-refractivity contribution in [3.63, 3.8) is 0 Å². The molecule has 0 bridgehead atoms. The molecule has 3 aromatic heterocycles. The summed E-state index contributed by atoms with van der Waals surface area (Å²) in [6.07, 6.45) is 4.95. The van der Waals surface area contributed by atoms with Crippen LogP contribution in [-0.4, -0.2) is 25.0 Å². The smallest absolute Gasteiger partial charge is 0.247 e. The Labute approximate surface area is 190 Å². The molecule has 6 nitrogen and oxygen atoms in total. The number of thiophene rings is 1. The Morgan fingerprint density at radius 2 is 2.00 bits per heavy atom. The van der Waals surface area contributed by atoms with Gasteiger partial charge >= 0.3 is 0 Å². The molecule has 0 amide bonds. The Balaban J connectivity index is 1.28. The van der Waals surface area contributed by atoms with Crippen molar-refractivity contribution in [1.82, 2.24) is 25.0 Å². The lowest BCUT2D eigenvalue weighted by atomic mass is 9.87. The maximum Gasteiger partial charge on any atom is 0.247 e. The summed E-state index contributed by atoms with van der Waals surface area (Å²) < 4.78 is 7.91. The summed E-state index contributed by atoms with van der Waals surface area (Å²) in [6.45, 7) is 4.35. The minimum Gasteiger partial charge on any atom is -0.420 e. The summed E-state index contributed by atoms with van der Waals surface area (Å²) in [5, 5.41) is 18.1. The van der Waals surface area contributed by atoms with E-state index in [1.54, 1.807) is 11.8 Å². The third kappa shape index (κ3) is 4.19. The fourth-order valence-corrected chi connectivity index (χ4v) is 5.94. The second kappa shape index (κ2) is 8.59. The predicted molar refractivity (Wildman–Crippen MR) is 124 cm³/mol. The van der Waals surface area contributed by atoms with E-state index in [1.165, 1.54) is 46.6 Å². The lowest BCUT2D eigenvalue weighted by Crippen LogP contribution is -2.10. The average Bonchev–Trinajstić information content (AvgIpc) is 3.50. The normalized spacial score (nSPS) is 15.9. The van der Waals surface area contributed by atoms with Crippen molar-refractivity contribution in [2.45, 2.75) is 50.4 Å². The van der Waals surface area contributed by atoms with Crippen LogP contribution in [0, 0.1) is 12.8 Å². The fraction of sp³-hybridized carbons (Fsp3) is 0.391. The van der Waals surface area contributed by atoms with E-state index < -0.39 is 0 Å². The van der Waals surface area contributed by atoms with Gasteiger partial charge in [-0.05, 0) is 55.9 Å². The van der Waals surface area contributed by atoms with Gasteiger partial charge in [0.15, 0.2) is 11.0 Å². The van der Waals surface area contributed by atoms with E-state index in [0.29, 0.717) is 17.5 Å². The molecule has 1 aliphatic carbocycles. The van der Waals surface area contributed by atoms with Gasteiger partial charge in [0.25, 0.3) is 0 Å². The number of fused-ring (bicyclic) bond motifs is 1. The van der Waals surface area contributed by atoms with E-state index in [0.717, 1.165) is 22.5 Å². The molecular weight excluding hydrogens is 426 g/mol. The third-order valence-electron chi connectivity index (χ3n) is 5.91. The van der Waals surface area contributed by atoms with Crippen molar-refractivity contribution in [2.24, 2.45) is 13.0 Å². The highest BCUT2D eigenvalue weighted by atomic mass is 32.2. The summed E-state index contributed by atoms with van der Waals surface area (Å²) in [5.41, 5.74) is 3.64. The van der Waals surface area contributed by atoms with Crippen LogP contribution < -0.4 is 0 Å². The molecule has 1 unspecified atom stereocenters. The number of aromatic nitrogens is 5. The molecule has 160 valence electrons. The molecule has 31 heavy (non-hydrogen) atoms. The number of hydrogen-bond acceptors (Lipinski definition) is 7. The summed E-state index contributed by atoms with van der Waals surface area (Å²) in [4.78, 5) is 2.73. The van der Waals surface area contributed by atoms with E-state index in [4.69, 9.17) is 4.42 Å². The molecule has 1 aliphatic rings. The maximum atomic E-state index is 5.84. The van der Waals surface area contributed by atoms with Crippen molar-refractivity contribution < 1.29 is 4.42 Å². The zero-order chi connectivity index (χ0) is 21.4. The van der Waals surface area contributed by atoms with E-state index >= 15 is 0 Å². The van der Waals surface area contributed by atoms with Crippen LogP contribution >= 0.6 is 23.1 Å². The van der Waals surface area contributed by atoms with Gasteiger partial charge in [0.05, 0.1) is 10.6 Å². The Kier molecular flexibility index (Phi) is 5.67. The number of thioether (sulfide) groups is 1. The van der Waals surface area contributed by atoms with E-state index in [9.17, 15) is 0 Å². The fourth-order valence-electron chi connectivity index (χ4n) is 3.96. The number of hydrogen-bond donors (Lipinski definition) is 0. The summed E-state index contributed by atoms with van der Waals surface area (Å²) in [5.74, 6) is 3.44. The standard InChI is InChI=1S/C23H25N5OS2/c1-4-15-7-10-18-17(11-15)12-19(31-18)21-25-27-23(28(21)3)30-13-20-24-26-22(29-20)16-8-5-14(2)6-9-16/h5-6,8-9,12,15H,4,7,10-11,13H2,1-3H3. The first-order valence-corrected chi connectivity index (χ1v) is 12.4. The monoisotopic (exact) mass is 451 g/mol. The zero-order valence-corrected chi connectivity index (χ0v) is 19.6. The highest BCUT2D eigenvalue weighted by Crippen LogP contribution is 2.38. The maximum absolute atomic E-state index is 5.84. The van der Waals surface area contributed by atoms with Crippen LogP contribution in [0.5, 0.6) is 0 Å². The Morgan fingerprint density at radius 1 is 1.16 bits per heavy atom. The van der Waals surface area contributed by atoms with E-state index in [2.05, 4.69) is 44.9 Å². The topological polar surface area (TPSA) is 69.6 Å². The second-order valence-corrected chi connectivity index (χ2v) is 10.2. The number of rotatable bonds is 6. The lowest BCUT2D eigenvalue weighted by Gasteiger charge is -2.19. The number of benzene rings is 1. The molecule has 0 saturated carbocycles. The van der Waals surface area contributed by atoms with Gasteiger partial charge < -0.3 is 8.98 Å². The highest BCUT2D eigenvalue weighted by Gasteiger charge is 2.22. The van der Waals surface area contributed by atoms with Crippen LogP contribution in [0.3, 0.4) is 0 Å². The molecule has 3 heterocycles. The first kappa shape index (κ1) is 20.5. The average molecular weight is 452 g/mol. The van der Waals surface area contributed by atoms with Gasteiger partial charge in [-0.25, -0.2) is 0 Å². The number of aryl methyl sites for hydroxylation is 2. The molecule has 0 radical (unpaired) electrons. The third-order valence-corrected chi connectivity index (χ3v) is 8.15. The van der Waals surface area contributed by atoms with Gasteiger partial charge in [-0.3, -0.25) is 0 Å². The SMILES string of the molecule is CCC1CCc2sc(-c3nnc(SCc4nnc(-c5ccc(C)cc5)o4)n3C)cc2C1. The van der Waals surface area contributed by atoms with Crippen LogP contribution in [-0.2, 0) is 25.6 Å². The molecule has 0 fully saturated rings. The lowest BCUT2D eigenvalue weighted by molar-refractivity contribution is 0.449. The minimum absolute atomic E-state index is 0.545. The van der Waals surface area contributed by atoms with Crippen LogP contribution in [0.1, 0.15) is 41.7 Å². The predicted octanol–water partition coefficient (Wildman–Crippen LogP) is 5.71. The summed E-state index contributed by atoms with van der Waals surface area (Å²) in [6, 6.07) is 10.4. The Hall–Kier alpha value is -2.45. The molecular formula is C23H25N5OS2. The molecule has 0 spiro atoms. The molecule has 1 atom stereocenters. The van der Waals surface area contributed by atoms with Gasteiger partial charge in [0, 0.05) is 17.5 Å². The summed E-state index contributed by atoms with van der Waals surface area (Å²) in [7, 11) is 2.02. The van der Waals surface area contributed by atoms with Gasteiger partial charge in [-0.15, -0.1) is 31.7 Å². The molecule has 4 aromatic rings. The van der Waals surface area contributed by atoms with Gasteiger partial charge in [-0.1, -0.05) is 42.8 Å². The van der Waals surface area contributed by atoms with Gasteiger partial charge in [0.2, 0.25) is 11.8 Å². The van der Waals surface area contributed by atoms with E-state index in [1.807, 2.05) is 42.6 Å². The quantitative estimate of drug-likeness (QED) is 0.350. The van der Waals surface area contributed by atoms with Crippen LogP contribution in [0.2, 0.25) is 0 Å². The Bertz CT molecular complexity index is 1190. The minimum atomic E-state index is 0.545. The van der Waals surface area contributed by atoms with Crippen LogP contribution in [0.15, 0.2) is 39.9 Å². The molecule has 0 aliphatic heterocycles. The van der Waals surface area contributed by atoms with Crippen molar-refractivity contribution in [1.29, 1.82) is 0 Å². The number of nitrogens with zero attached hydrogens (tertiary/aromatic N) is 5. The largest absolute Gasteiger partial charge is 0.420 e. The second-order valence-electron chi connectivity index (χ2n) is 8.10. The molecule has 1 aromatic carbocycles. The summed E-state index contributed by atoms with van der Waals surface area (Å²) >= 11 is 3.43. The van der Waals surface area contributed by atoms with Crippen molar-refractivity contribution in [3.05, 3.63) is 52.2 Å². The molecule has 0 saturated heterocycles. The van der Waals surface area contributed by atoms with Crippen LogP contribution in [0.4, 0.5) is 0 Å². The zero-order valence-electron chi connectivity index (χ0n) is 18.0. The van der Waals surface area contributed by atoms with E-state index in [-0.39, 0.29) is 0 Å². The van der Waals surface area contributed by atoms with Crippen molar-refractivity contribution in [2.75, 3.05) is 0 Å². The first-order chi connectivity index (χ1) is 15.1. The van der Waals surface area contributed by atoms with Gasteiger partial charge in [0.1, 0.15) is 0 Å². The molecule has 8 heteroatoms. The van der Waals surface area contributed by atoms with Crippen molar-refractivity contribution in [3.8, 4) is 22.2 Å². The highest BCUT2D eigenvalue weighted by molar-refractivity contribution is 7.98. The van der Waals surface area contributed by atoms with Crippen LogP contribution in [0.25, 0.3) is 22.2 Å².